The highest BCUT2D eigenvalue weighted by Gasteiger charge is 2.21. The first-order chi connectivity index (χ1) is 15.2. The molecule has 7 heteroatoms. The van der Waals surface area contributed by atoms with E-state index in [1.54, 1.807) is 24.3 Å². The van der Waals surface area contributed by atoms with Gasteiger partial charge >= 0.3 is 5.63 Å². The van der Waals surface area contributed by atoms with E-state index >= 15 is 0 Å². The van der Waals surface area contributed by atoms with Gasteiger partial charge in [0.2, 0.25) is 6.79 Å². The lowest BCUT2D eigenvalue weighted by Gasteiger charge is -2.23. The van der Waals surface area contributed by atoms with Crippen molar-refractivity contribution in [2.45, 2.75) is 32.1 Å². The van der Waals surface area contributed by atoms with Gasteiger partial charge in [-0.05, 0) is 49.1 Å². The Morgan fingerprint density at radius 3 is 2.65 bits per heavy atom. The molecule has 0 spiro atoms. The molecule has 0 radical (unpaired) electrons. The average molecular weight is 420 g/mol. The molecule has 160 valence electrons. The average Bonchev–Trinajstić information content (AvgIpc) is 3.27. The third kappa shape index (κ3) is 3.95. The first-order valence-corrected chi connectivity index (χ1v) is 10.7. The van der Waals surface area contributed by atoms with Gasteiger partial charge in [0.05, 0.1) is 5.69 Å². The molecule has 7 nitrogen and oxygen atoms in total. The number of rotatable bonds is 5. The van der Waals surface area contributed by atoms with E-state index in [0.29, 0.717) is 34.3 Å². The van der Waals surface area contributed by atoms with Gasteiger partial charge in [0.15, 0.2) is 17.2 Å². The minimum Gasteiger partial charge on any atom is -0.454 e. The van der Waals surface area contributed by atoms with Crippen LogP contribution in [0, 0.1) is 5.92 Å². The minimum atomic E-state index is -0.584. The number of hydrogen-bond donors (Lipinski definition) is 2. The Balaban J connectivity index is 1.47. The van der Waals surface area contributed by atoms with Crippen LogP contribution in [0.25, 0.3) is 11.0 Å². The van der Waals surface area contributed by atoms with Crippen LogP contribution in [0.15, 0.2) is 51.7 Å². The molecule has 1 saturated carbocycles. The van der Waals surface area contributed by atoms with Crippen molar-refractivity contribution in [3.8, 4) is 11.5 Å². The second kappa shape index (κ2) is 8.34. The van der Waals surface area contributed by atoms with E-state index in [2.05, 4.69) is 10.6 Å². The Kier molecular flexibility index (Phi) is 5.24. The van der Waals surface area contributed by atoms with Crippen LogP contribution >= 0.6 is 0 Å². The zero-order valence-electron chi connectivity index (χ0n) is 17.1. The molecule has 0 saturated heterocycles. The Labute approximate surface area is 179 Å². The normalized spacial score (nSPS) is 15.7. The number of ether oxygens (including phenoxy) is 2. The highest BCUT2D eigenvalue weighted by molar-refractivity contribution is 6.08. The molecule has 1 fully saturated rings. The van der Waals surface area contributed by atoms with Crippen LogP contribution in [0.5, 0.6) is 11.5 Å². The molecule has 3 aromatic rings. The van der Waals surface area contributed by atoms with Crippen LogP contribution in [0.4, 0.5) is 11.4 Å². The Hall–Kier alpha value is -3.48. The van der Waals surface area contributed by atoms with E-state index in [4.69, 9.17) is 13.9 Å². The molecule has 2 aromatic carbocycles. The molecule has 5 rings (SSSR count). The topological polar surface area (TPSA) is 89.8 Å². The molecule has 2 N–H and O–H groups in total. The summed E-state index contributed by atoms with van der Waals surface area (Å²) in [5.41, 5.74) is 0.998. The largest absolute Gasteiger partial charge is 0.454 e. The first kappa shape index (κ1) is 19.5. The molecule has 2 heterocycles. The summed E-state index contributed by atoms with van der Waals surface area (Å²) in [6.45, 7) is 0.879. The van der Waals surface area contributed by atoms with Crippen LogP contribution in [-0.4, -0.2) is 19.2 Å². The second-order valence-electron chi connectivity index (χ2n) is 8.04. The standard InChI is InChI=1S/C24H24N2O5/c27-23(16-10-11-19-20(12-16)30-14-29-19)26-22-21(25-13-15-6-2-1-3-7-15)17-8-4-5-9-18(17)31-24(22)28/h4-5,8-12,15,25H,1-3,6-7,13-14H2,(H,26,27). The molecule has 1 amide bonds. The maximum atomic E-state index is 12.9. The van der Waals surface area contributed by atoms with Crippen molar-refractivity contribution in [3.05, 3.63) is 58.4 Å². The summed E-state index contributed by atoms with van der Waals surface area (Å²) >= 11 is 0. The highest BCUT2D eigenvalue weighted by atomic mass is 16.7. The summed E-state index contributed by atoms with van der Waals surface area (Å²) in [7, 11) is 0. The van der Waals surface area contributed by atoms with Crippen molar-refractivity contribution in [2.75, 3.05) is 24.0 Å². The minimum absolute atomic E-state index is 0.122. The van der Waals surface area contributed by atoms with Crippen molar-refractivity contribution in [3.63, 3.8) is 0 Å². The third-order valence-corrected chi connectivity index (χ3v) is 5.98. The fourth-order valence-corrected chi connectivity index (χ4v) is 4.31. The molecule has 0 bridgehead atoms. The van der Waals surface area contributed by atoms with Gasteiger partial charge in [-0.2, -0.15) is 0 Å². The Bertz CT molecular complexity index is 1180. The number of fused-ring (bicyclic) bond motifs is 2. The zero-order chi connectivity index (χ0) is 21.2. The number of carbonyl (C=O) groups is 1. The van der Waals surface area contributed by atoms with Crippen molar-refractivity contribution in [1.29, 1.82) is 0 Å². The molecule has 31 heavy (non-hydrogen) atoms. The van der Waals surface area contributed by atoms with Gasteiger partial charge in [0.25, 0.3) is 5.91 Å². The fraction of sp³-hybridized carbons (Fsp3) is 0.333. The molecule has 1 aliphatic carbocycles. The number of anilines is 2. The monoisotopic (exact) mass is 420 g/mol. The Morgan fingerprint density at radius 1 is 0.968 bits per heavy atom. The summed E-state index contributed by atoms with van der Waals surface area (Å²) in [5.74, 6) is 1.24. The zero-order valence-corrected chi connectivity index (χ0v) is 17.1. The number of para-hydroxylation sites is 1. The molecule has 1 aliphatic heterocycles. The predicted molar refractivity (Wildman–Crippen MR) is 118 cm³/mol. The quantitative estimate of drug-likeness (QED) is 0.578. The summed E-state index contributed by atoms with van der Waals surface area (Å²) in [6, 6.07) is 12.3. The summed E-state index contributed by atoms with van der Waals surface area (Å²) in [6.07, 6.45) is 6.09. The van der Waals surface area contributed by atoms with Crippen LogP contribution < -0.4 is 25.7 Å². The van der Waals surface area contributed by atoms with E-state index in [1.807, 2.05) is 18.2 Å². The number of benzene rings is 2. The van der Waals surface area contributed by atoms with Gasteiger partial charge < -0.3 is 24.5 Å². The summed E-state index contributed by atoms with van der Waals surface area (Å²) in [5, 5.41) is 6.97. The van der Waals surface area contributed by atoms with Crippen molar-refractivity contribution in [1.82, 2.24) is 0 Å². The first-order valence-electron chi connectivity index (χ1n) is 10.7. The van der Waals surface area contributed by atoms with Gasteiger partial charge in [-0.25, -0.2) is 4.79 Å². The van der Waals surface area contributed by atoms with Gasteiger partial charge in [-0.1, -0.05) is 31.4 Å². The second-order valence-corrected chi connectivity index (χ2v) is 8.04. The number of hydrogen-bond acceptors (Lipinski definition) is 6. The van der Waals surface area contributed by atoms with E-state index in [9.17, 15) is 9.59 Å². The number of amides is 1. The molecular formula is C24H24N2O5. The van der Waals surface area contributed by atoms with E-state index < -0.39 is 11.5 Å². The lowest BCUT2D eigenvalue weighted by Crippen LogP contribution is -2.23. The maximum Gasteiger partial charge on any atom is 0.362 e. The van der Waals surface area contributed by atoms with Crippen molar-refractivity contribution >= 4 is 28.3 Å². The molecule has 1 aromatic heterocycles. The lowest BCUT2D eigenvalue weighted by molar-refractivity contribution is 0.102. The molecule has 0 atom stereocenters. The van der Waals surface area contributed by atoms with Gasteiger partial charge in [-0.3, -0.25) is 4.79 Å². The number of nitrogens with one attached hydrogen (secondary N) is 2. The van der Waals surface area contributed by atoms with Gasteiger partial charge in [0, 0.05) is 17.5 Å². The van der Waals surface area contributed by atoms with Crippen LogP contribution in [0.3, 0.4) is 0 Å². The summed E-state index contributed by atoms with van der Waals surface area (Å²) in [4.78, 5) is 25.7. The third-order valence-electron chi connectivity index (χ3n) is 5.98. The van der Waals surface area contributed by atoms with E-state index in [1.165, 1.54) is 32.1 Å². The van der Waals surface area contributed by atoms with Crippen molar-refractivity contribution in [2.24, 2.45) is 5.92 Å². The van der Waals surface area contributed by atoms with Gasteiger partial charge in [0.1, 0.15) is 5.58 Å². The lowest BCUT2D eigenvalue weighted by atomic mass is 9.89. The van der Waals surface area contributed by atoms with Crippen molar-refractivity contribution < 1.29 is 18.7 Å². The van der Waals surface area contributed by atoms with Gasteiger partial charge in [-0.15, -0.1) is 0 Å². The van der Waals surface area contributed by atoms with E-state index in [-0.39, 0.29) is 12.5 Å². The Morgan fingerprint density at radius 2 is 1.77 bits per heavy atom. The number of carbonyl (C=O) groups excluding carboxylic acids is 1. The van der Waals surface area contributed by atoms with Crippen LogP contribution in [-0.2, 0) is 0 Å². The summed E-state index contributed by atoms with van der Waals surface area (Å²) < 4.78 is 16.1. The fourth-order valence-electron chi connectivity index (χ4n) is 4.31. The molecule has 2 aliphatic rings. The smallest absolute Gasteiger partial charge is 0.362 e. The molecular weight excluding hydrogens is 396 g/mol. The highest BCUT2D eigenvalue weighted by Crippen LogP contribution is 2.34. The van der Waals surface area contributed by atoms with Crippen LogP contribution in [0.1, 0.15) is 42.5 Å². The predicted octanol–water partition coefficient (Wildman–Crippen LogP) is 4.77. The molecule has 0 unspecified atom stereocenters. The van der Waals surface area contributed by atoms with E-state index in [0.717, 1.165) is 11.9 Å². The maximum absolute atomic E-state index is 12.9. The van der Waals surface area contributed by atoms with Crippen LogP contribution in [0.2, 0.25) is 0 Å². The SMILES string of the molecule is O=C(Nc1c(NCC2CCCCC2)c2ccccc2oc1=O)c1ccc2c(c1)OCO2.